The minimum absolute atomic E-state index is 0.165. The van der Waals surface area contributed by atoms with Crippen molar-refractivity contribution in [1.82, 2.24) is 19.4 Å². The van der Waals surface area contributed by atoms with E-state index in [0.29, 0.717) is 50.4 Å². The van der Waals surface area contributed by atoms with Gasteiger partial charge in [-0.2, -0.15) is 4.98 Å². The van der Waals surface area contributed by atoms with Crippen LogP contribution in [0.1, 0.15) is 49.3 Å². The van der Waals surface area contributed by atoms with Gasteiger partial charge < -0.3 is 21.1 Å². The van der Waals surface area contributed by atoms with Crippen molar-refractivity contribution in [1.29, 1.82) is 0 Å². The number of benzene rings is 2. The van der Waals surface area contributed by atoms with E-state index in [1.807, 2.05) is 23.1 Å². The molecule has 0 unspecified atom stereocenters. The number of piperazine rings is 1. The van der Waals surface area contributed by atoms with Gasteiger partial charge in [-0.15, -0.1) is 0 Å². The first-order chi connectivity index (χ1) is 22.5. The molecule has 2 aromatic carbocycles. The van der Waals surface area contributed by atoms with E-state index in [4.69, 9.17) is 5.73 Å². The minimum atomic E-state index is -1.50. The summed E-state index contributed by atoms with van der Waals surface area (Å²) in [6.45, 7) is 8.00. The monoisotopic (exact) mass is 647 g/mol. The number of aromatic nitrogens is 2. The van der Waals surface area contributed by atoms with Gasteiger partial charge in [-0.05, 0) is 68.1 Å². The van der Waals surface area contributed by atoms with Crippen molar-refractivity contribution in [3.8, 4) is 0 Å². The standard InChI is InChI=1S/C34H39F2N7O4/c1-3-22-17-24(9-7-21(22)2)38-28-20-30(45)43(34(37)39-28)12-6-4-5-11-41-13-15-42(16-14-41)29-19-27(44)31(33(46)47)32(40-29)25-10-8-23(35)18-26(25)36/h7-10,17-18,20,38H,3-6,11-16,19H2,1-2H3,(H2,37,39)(H,46,47). The normalized spacial score (nSPS) is 15.6. The van der Waals surface area contributed by atoms with Crippen LogP contribution in [-0.2, 0) is 22.6 Å². The third kappa shape index (κ3) is 7.91. The Morgan fingerprint density at radius 2 is 1.74 bits per heavy atom. The van der Waals surface area contributed by atoms with Crippen LogP contribution >= 0.6 is 0 Å². The number of rotatable bonds is 11. The van der Waals surface area contributed by atoms with Crippen LogP contribution in [0.3, 0.4) is 0 Å². The fourth-order valence-corrected chi connectivity index (χ4v) is 5.97. The lowest BCUT2D eigenvalue weighted by molar-refractivity contribution is -0.134. The highest BCUT2D eigenvalue weighted by Gasteiger charge is 2.33. The lowest BCUT2D eigenvalue weighted by Crippen LogP contribution is -2.49. The Labute approximate surface area is 271 Å². The van der Waals surface area contributed by atoms with Gasteiger partial charge >= 0.3 is 5.97 Å². The number of hydrogen-bond donors (Lipinski definition) is 3. The molecule has 13 heteroatoms. The summed E-state index contributed by atoms with van der Waals surface area (Å²) in [6, 6.07) is 10.2. The highest BCUT2D eigenvalue weighted by atomic mass is 19.1. The number of aliphatic carboxylic acids is 1. The zero-order chi connectivity index (χ0) is 33.7. The van der Waals surface area contributed by atoms with E-state index in [-0.39, 0.29) is 29.2 Å². The van der Waals surface area contributed by atoms with E-state index in [1.165, 1.54) is 21.8 Å². The number of carbonyl (C=O) groups excluding carboxylic acids is 1. The SMILES string of the molecule is CCc1cc(Nc2cc(=O)n(CCCCCN3CCN(C4=NC(c5ccc(F)cc5F)=C(C(=O)O)C(=O)C4)CC3)c(N)n2)ccc1C. The summed E-state index contributed by atoms with van der Waals surface area (Å²) in [5, 5.41) is 12.8. The number of aliphatic imine (C=N–C) groups is 1. The molecule has 0 saturated carbocycles. The Kier molecular flexibility index (Phi) is 10.4. The second-order valence-electron chi connectivity index (χ2n) is 11.8. The Bertz CT molecular complexity index is 1800. The van der Waals surface area contributed by atoms with Crippen LogP contribution in [0.4, 0.5) is 26.2 Å². The van der Waals surface area contributed by atoms with Gasteiger partial charge in [-0.3, -0.25) is 19.1 Å². The Morgan fingerprint density at radius 1 is 1.00 bits per heavy atom. The van der Waals surface area contributed by atoms with E-state index in [0.717, 1.165) is 50.0 Å². The molecule has 0 spiro atoms. The summed E-state index contributed by atoms with van der Waals surface area (Å²) < 4.78 is 29.5. The summed E-state index contributed by atoms with van der Waals surface area (Å²) in [6.07, 6.45) is 3.26. The summed E-state index contributed by atoms with van der Waals surface area (Å²) in [5.41, 5.74) is 8.11. The third-order valence-electron chi connectivity index (χ3n) is 8.61. The number of carboxylic acid groups (broad SMARTS) is 1. The van der Waals surface area contributed by atoms with Crippen molar-refractivity contribution in [3.05, 3.63) is 86.7 Å². The second-order valence-corrected chi connectivity index (χ2v) is 11.8. The fourth-order valence-electron chi connectivity index (χ4n) is 5.97. The van der Waals surface area contributed by atoms with Gasteiger partial charge in [0, 0.05) is 56.1 Å². The minimum Gasteiger partial charge on any atom is -0.477 e. The number of aryl methyl sites for hydroxylation is 2. The van der Waals surface area contributed by atoms with Crippen LogP contribution in [0.15, 0.2) is 57.8 Å². The van der Waals surface area contributed by atoms with Crippen LogP contribution in [0.25, 0.3) is 5.70 Å². The quantitative estimate of drug-likeness (QED) is 0.204. The van der Waals surface area contributed by atoms with Gasteiger partial charge in [0.1, 0.15) is 28.9 Å². The number of carboxylic acids is 1. The molecule has 248 valence electrons. The zero-order valence-corrected chi connectivity index (χ0v) is 26.6. The summed E-state index contributed by atoms with van der Waals surface area (Å²) >= 11 is 0. The number of nitrogen functional groups attached to an aromatic ring is 1. The molecule has 0 radical (unpaired) electrons. The van der Waals surface area contributed by atoms with Crippen molar-refractivity contribution < 1.29 is 23.5 Å². The molecule has 0 atom stereocenters. The summed E-state index contributed by atoms with van der Waals surface area (Å²) in [5.74, 6) is -3.01. The Balaban J connectivity index is 1.10. The Morgan fingerprint density at radius 3 is 2.43 bits per heavy atom. The maximum atomic E-state index is 14.6. The maximum absolute atomic E-state index is 14.6. The van der Waals surface area contributed by atoms with E-state index in [1.54, 1.807) is 0 Å². The molecule has 1 aromatic heterocycles. The van der Waals surface area contributed by atoms with Crippen molar-refractivity contribution in [2.24, 2.45) is 4.99 Å². The molecule has 0 amide bonds. The number of Topliss-reactive ketones (excluding diaryl/α,β-unsaturated/α-hetero) is 1. The number of nitrogens with one attached hydrogen (secondary N) is 1. The lowest BCUT2D eigenvalue weighted by atomic mass is 9.97. The molecule has 0 aliphatic carbocycles. The number of anilines is 3. The van der Waals surface area contributed by atoms with E-state index in [2.05, 4.69) is 34.0 Å². The van der Waals surface area contributed by atoms with Gasteiger partial charge in [0.15, 0.2) is 5.78 Å². The van der Waals surface area contributed by atoms with E-state index < -0.39 is 29.0 Å². The van der Waals surface area contributed by atoms with Crippen molar-refractivity contribution in [3.63, 3.8) is 0 Å². The molecule has 4 N–H and O–H groups in total. The molecule has 1 fully saturated rings. The average Bonchev–Trinajstić information content (AvgIpc) is 3.02. The lowest BCUT2D eigenvalue weighted by Gasteiger charge is -2.37. The molecule has 1 saturated heterocycles. The highest BCUT2D eigenvalue weighted by Crippen LogP contribution is 2.30. The van der Waals surface area contributed by atoms with Crippen LogP contribution < -0.4 is 16.6 Å². The molecule has 5 rings (SSSR count). The Hall–Kier alpha value is -4.91. The van der Waals surface area contributed by atoms with E-state index >= 15 is 0 Å². The van der Waals surface area contributed by atoms with Crippen LogP contribution in [0.2, 0.25) is 0 Å². The molecular weight excluding hydrogens is 608 g/mol. The number of amidine groups is 1. The molecule has 2 aliphatic heterocycles. The molecule has 3 aromatic rings. The number of halogens is 2. The summed E-state index contributed by atoms with van der Waals surface area (Å²) in [4.78, 5) is 50.4. The van der Waals surface area contributed by atoms with Gasteiger partial charge in [0.05, 0.1) is 12.1 Å². The van der Waals surface area contributed by atoms with Crippen LogP contribution in [-0.4, -0.2) is 74.8 Å². The number of nitrogens with two attached hydrogens (primary N) is 1. The van der Waals surface area contributed by atoms with Crippen molar-refractivity contribution >= 4 is 40.7 Å². The number of nitrogens with zero attached hydrogens (tertiary/aromatic N) is 5. The molecule has 47 heavy (non-hydrogen) atoms. The first kappa shape index (κ1) is 33.5. The smallest absolute Gasteiger partial charge is 0.341 e. The first-order valence-corrected chi connectivity index (χ1v) is 15.8. The number of carbonyl (C=O) groups is 2. The van der Waals surface area contributed by atoms with Gasteiger partial charge in [-0.25, -0.2) is 18.6 Å². The van der Waals surface area contributed by atoms with Crippen molar-refractivity contribution in [2.75, 3.05) is 43.8 Å². The van der Waals surface area contributed by atoms with Gasteiger partial charge in [0.25, 0.3) is 5.56 Å². The zero-order valence-electron chi connectivity index (χ0n) is 26.6. The van der Waals surface area contributed by atoms with Gasteiger partial charge in [0.2, 0.25) is 5.95 Å². The average molecular weight is 648 g/mol. The van der Waals surface area contributed by atoms with Crippen LogP contribution in [0.5, 0.6) is 0 Å². The largest absolute Gasteiger partial charge is 0.477 e. The topological polar surface area (TPSA) is 146 Å². The first-order valence-electron chi connectivity index (χ1n) is 15.8. The number of unbranched alkanes of at least 4 members (excludes halogenated alkanes) is 2. The molecular formula is C34H39F2N7O4. The number of ketones is 1. The molecule has 3 heterocycles. The molecule has 0 bridgehead atoms. The second kappa shape index (κ2) is 14.7. The summed E-state index contributed by atoms with van der Waals surface area (Å²) in [7, 11) is 0. The van der Waals surface area contributed by atoms with Crippen LogP contribution in [0, 0.1) is 18.6 Å². The third-order valence-corrected chi connectivity index (χ3v) is 8.61. The fraction of sp³-hybridized carbons (Fsp3) is 0.382. The molecule has 11 nitrogen and oxygen atoms in total. The van der Waals surface area contributed by atoms with E-state index in [9.17, 15) is 28.3 Å². The van der Waals surface area contributed by atoms with Crippen molar-refractivity contribution in [2.45, 2.75) is 52.5 Å². The molecule has 2 aliphatic rings. The predicted octanol–water partition coefficient (Wildman–Crippen LogP) is 4.37. The van der Waals surface area contributed by atoms with Gasteiger partial charge in [-0.1, -0.05) is 19.4 Å². The predicted molar refractivity (Wildman–Crippen MR) is 177 cm³/mol. The number of hydrogen-bond acceptors (Lipinski definition) is 9. The highest BCUT2D eigenvalue weighted by molar-refractivity contribution is 6.28. The maximum Gasteiger partial charge on any atom is 0.341 e.